The summed E-state index contributed by atoms with van der Waals surface area (Å²) in [5.74, 6) is 1.84. The summed E-state index contributed by atoms with van der Waals surface area (Å²) in [4.78, 5) is 37.8. The van der Waals surface area contributed by atoms with Crippen LogP contribution in [-0.2, 0) is 9.59 Å². The Morgan fingerprint density at radius 2 is 2.00 bits per heavy atom. The monoisotopic (exact) mass is 282 g/mol. The van der Waals surface area contributed by atoms with Crippen molar-refractivity contribution in [2.75, 3.05) is 18.1 Å². The Morgan fingerprint density at radius 3 is 2.63 bits per heavy atom. The number of carbonyl (C=O) groups is 3. The molecule has 0 aromatic rings. The van der Waals surface area contributed by atoms with E-state index in [2.05, 4.69) is 5.32 Å². The number of imide groups is 2. The summed E-state index contributed by atoms with van der Waals surface area (Å²) in [7, 11) is 0. The van der Waals surface area contributed by atoms with Crippen molar-refractivity contribution in [1.29, 1.82) is 0 Å². The lowest BCUT2D eigenvalue weighted by atomic mass is 9.82. The van der Waals surface area contributed by atoms with Crippen molar-refractivity contribution >= 4 is 29.6 Å². The third kappa shape index (κ3) is 2.06. The normalized spacial score (nSPS) is 30.2. The Morgan fingerprint density at radius 1 is 1.26 bits per heavy atom. The molecule has 2 saturated heterocycles. The number of urea groups is 1. The minimum atomic E-state index is -0.945. The highest BCUT2D eigenvalue weighted by Gasteiger charge is 2.55. The van der Waals surface area contributed by atoms with E-state index in [0.29, 0.717) is 25.3 Å². The minimum absolute atomic E-state index is 0.254. The fourth-order valence-corrected chi connectivity index (χ4v) is 4.57. The summed E-state index contributed by atoms with van der Waals surface area (Å²) in [6.07, 6.45) is 3.99. The van der Waals surface area contributed by atoms with Crippen molar-refractivity contribution in [2.45, 2.75) is 32.1 Å². The molecule has 2 heterocycles. The van der Waals surface area contributed by atoms with Gasteiger partial charge in [0.25, 0.3) is 0 Å². The first-order valence-corrected chi connectivity index (χ1v) is 8.04. The van der Waals surface area contributed by atoms with Gasteiger partial charge in [0.2, 0.25) is 11.8 Å². The Labute approximate surface area is 116 Å². The summed E-state index contributed by atoms with van der Waals surface area (Å²) in [6.45, 7) is 0.465. The molecule has 1 aliphatic carbocycles. The van der Waals surface area contributed by atoms with Gasteiger partial charge in [0.1, 0.15) is 5.41 Å². The van der Waals surface area contributed by atoms with Gasteiger partial charge in [-0.2, -0.15) is 11.8 Å². The molecule has 3 fully saturated rings. The lowest BCUT2D eigenvalue weighted by Gasteiger charge is -2.37. The number of carbonyl (C=O) groups excluding carboxylic acids is 3. The minimum Gasteiger partial charge on any atom is -0.277 e. The zero-order valence-electron chi connectivity index (χ0n) is 10.8. The van der Waals surface area contributed by atoms with Crippen LogP contribution in [-0.4, -0.2) is 40.8 Å². The van der Waals surface area contributed by atoms with E-state index in [1.54, 1.807) is 0 Å². The summed E-state index contributed by atoms with van der Waals surface area (Å²) in [6, 6.07) is -0.524. The summed E-state index contributed by atoms with van der Waals surface area (Å²) < 4.78 is 0. The molecule has 1 unspecified atom stereocenters. The number of nitrogens with zero attached hydrogens (tertiary/aromatic N) is 1. The molecule has 1 spiro atoms. The molecule has 5 nitrogen and oxygen atoms in total. The second-order valence-electron chi connectivity index (χ2n) is 5.69. The topological polar surface area (TPSA) is 66.5 Å². The Balaban J connectivity index is 1.80. The van der Waals surface area contributed by atoms with Crippen LogP contribution in [0.5, 0.6) is 0 Å². The van der Waals surface area contributed by atoms with Crippen LogP contribution in [0.2, 0.25) is 0 Å². The SMILES string of the molecule is O=C1NC(=O)C2(CCCC2)C(=O)N1CC1CCSC1. The van der Waals surface area contributed by atoms with Gasteiger partial charge in [0, 0.05) is 6.54 Å². The maximum atomic E-state index is 12.6. The van der Waals surface area contributed by atoms with Crippen molar-refractivity contribution in [3.8, 4) is 0 Å². The maximum Gasteiger partial charge on any atom is 0.330 e. The van der Waals surface area contributed by atoms with E-state index in [1.807, 2.05) is 11.8 Å². The molecule has 0 aromatic carbocycles. The van der Waals surface area contributed by atoms with E-state index in [9.17, 15) is 14.4 Å². The number of hydrogen-bond acceptors (Lipinski definition) is 4. The lowest BCUT2D eigenvalue weighted by molar-refractivity contribution is -0.151. The van der Waals surface area contributed by atoms with Gasteiger partial charge >= 0.3 is 6.03 Å². The van der Waals surface area contributed by atoms with E-state index in [-0.39, 0.29) is 11.8 Å². The van der Waals surface area contributed by atoms with Gasteiger partial charge in [0.05, 0.1) is 0 Å². The first-order valence-electron chi connectivity index (χ1n) is 6.89. The van der Waals surface area contributed by atoms with Gasteiger partial charge in [-0.3, -0.25) is 19.8 Å². The van der Waals surface area contributed by atoms with Gasteiger partial charge in [-0.25, -0.2) is 4.79 Å². The number of barbiturate groups is 1. The second kappa shape index (κ2) is 4.81. The van der Waals surface area contributed by atoms with Gasteiger partial charge in [0.15, 0.2) is 0 Å². The van der Waals surface area contributed by atoms with E-state index in [1.165, 1.54) is 4.90 Å². The quantitative estimate of drug-likeness (QED) is 0.777. The molecule has 2 aliphatic heterocycles. The molecule has 19 heavy (non-hydrogen) atoms. The Kier molecular flexibility index (Phi) is 3.28. The van der Waals surface area contributed by atoms with Crippen LogP contribution >= 0.6 is 11.8 Å². The molecule has 6 heteroatoms. The third-order valence-corrected chi connectivity index (χ3v) is 5.71. The fraction of sp³-hybridized carbons (Fsp3) is 0.769. The summed E-state index contributed by atoms with van der Waals surface area (Å²) in [5.41, 5.74) is -0.945. The molecule has 3 aliphatic rings. The smallest absolute Gasteiger partial charge is 0.277 e. The molecular formula is C13H18N2O3S. The van der Waals surface area contributed by atoms with Crippen molar-refractivity contribution in [1.82, 2.24) is 10.2 Å². The van der Waals surface area contributed by atoms with Crippen LogP contribution in [0.1, 0.15) is 32.1 Å². The van der Waals surface area contributed by atoms with Crippen LogP contribution in [0.3, 0.4) is 0 Å². The number of nitrogens with one attached hydrogen (secondary N) is 1. The largest absolute Gasteiger partial charge is 0.330 e. The highest BCUT2D eigenvalue weighted by atomic mass is 32.2. The molecule has 1 saturated carbocycles. The van der Waals surface area contributed by atoms with Crippen molar-refractivity contribution in [2.24, 2.45) is 11.3 Å². The summed E-state index contributed by atoms with van der Waals surface area (Å²) >= 11 is 1.86. The van der Waals surface area contributed by atoms with Crippen LogP contribution in [0.25, 0.3) is 0 Å². The Hall–Kier alpha value is -1.04. The van der Waals surface area contributed by atoms with Crippen LogP contribution < -0.4 is 5.32 Å². The van der Waals surface area contributed by atoms with Gasteiger partial charge < -0.3 is 0 Å². The van der Waals surface area contributed by atoms with E-state index in [0.717, 1.165) is 30.8 Å². The molecule has 1 N–H and O–H groups in total. The predicted molar refractivity (Wildman–Crippen MR) is 71.6 cm³/mol. The third-order valence-electron chi connectivity index (χ3n) is 4.48. The van der Waals surface area contributed by atoms with Gasteiger partial charge in [-0.1, -0.05) is 12.8 Å². The maximum absolute atomic E-state index is 12.6. The van der Waals surface area contributed by atoms with E-state index < -0.39 is 11.4 Å². The standard InChI is InChI=1S/C13H18N2O3S/c16-10-13(4-1-2-5-13)11(17)15(12(18)14-10)7-9-3-6-19-8-9/h9H,1-8H2,(H,14,16,18). The summed E-state index contributed by atoms with van der Waals surface area (Å²) in [5, 5.41) is 2.39. The zero-order valence-corrected chi connectivity index (χ0v) is 11.6. The van der Waals surface area contributed by atoms with E-state index >= 15 is 0 Å². The zero-order chi connectivity index (χ0) is 13.5. The van der Waals surface area contributed by atoms with Gasteiger partial charge in [-0.05, 0) is 36.7 Å². The van der Waals surface area contributed by atoms with E-state index in [4.69, 9.17) is 0 Å². The highest BCUT2D eigenvalue weighted by Crippen LogP contribution is 2.42. The molecule has 0 radical (unpaired) electrons. The highest BCUT2D eigenvalue weighted by molar-refractivity contribution is 7.99. The number of thioether (sulfide) groups is 1. The lowest BCUT2D eigenvalue weighted by Crippen LogP contribution is -2.63. The molecule has 3 rings (SSSR count). The molecule has 104 valence electrons. The second-order valence-corrected chi connectivity index (χ2v) is 6.84. The Bertz CT molecular complexity index is 426. The molecule has 4 amide bonds. The average molecular weight is 282 g/mol. The first-order chi connectivity index (χ1) is 9.13. The molecular weight excluding hydrogens is 264 g/mol. The van der Waals surface area contributed by atoms with Gasteiger partial charge in [-0.15, -0.1) is 0 Å². The van der Waals surface area contributed by atoms with Crippen LogP contribution in [0.4, 0.5) is 4.79 Å². The number of rotatable bonds is 2. The van der Waals surface area contributed by atoms with Crippen LogP contribution in [0, 0.1) is 11.3 Å². The van der Waals surface area contributed by atoms with Crippen LogP contribution in [0.15, 0.2) is 0 Å². The molecule has 1 atom stereocenters. The number of hydrogen-bond donors (Lipinski definition) is 1. The van der Waals surface area contributed by atoms with Crippen molar-refractivity contribution < 1.29 is 14.4 Å². The fourth-order valence-electron chi connectivity index (χ4n) is 3.30. The van der Waals surface area contributed by atoms with Crippen molar-refractivity contribution in [3.05, 3.63) is 0 Å². The first kappa shape index (κ1) is 13.0. The average Bonchev–Trinajstić information content (AvgIpc) is 3.05. The molecule has 0 aromatic heterocycles. The van der Waals surface area contributed by atoms with Crippen molar-refractivity contribution in [3.63, 3.8) is 0 Å². The number of amides is 4. The predicted octanol–water partition coefficient (Wildman–Crippen LogP) is 1.38. The molecule has 0 bridgehead atoms.